The summed E-state index contributed by atoms with van der Waals surface area (Å²) in [5.41, 5.74) is 10.1. The van der Waals surface area contributed by atoms with Crippen LogP contribution in [0.2, 0.25) is 0 Å². The Bertz CT molecular complexity index is 577. The van der Waals surface area contributed by atoms with Crippen LogP contribution in [-0.4, -0.2) is 16.1 Å². The van der Waals surface area contributed by atoms with Crippen molar-refractivity contribution in [3.05, 3.63) is 29.6 Å². The number of aromatic nitrogens is 2. The average molecular weight is 243 g/mol. The summed E-state index contributed by atoms with van der Waals surface area (Å²) in [6.45, 7) is 2.81. The summed E-state index contributed by atoms with van der Waals surface area (Å²) in [5, 5.41) is 0. The number of fused-ring (bicyclic) bond motifs is 1. The molecule has 1 saturated carbocycles. The molecule has 1 aromatic carbocycles. The van der Waals surface area contributed by atoms with Gasteiger partial charge in [-0.1, -0.05) is 25.0 Å². The fraction of sp³-hybridized carbons (Fsp3) is 0.533. The van der Waals surface area contributed by atoms with E-state index in [9.17, 15) is 0 Å². The molecule has 1 aliphatic rings. The fourth-order valence-corrected chi connectivity index (χ4v) is 3.45. The number of hydrogen-bond acceptors (Lipinski definition) is 2. The smallest absolute Gasteiger partial charge is 0.106 e. The van der Waals surface area contributed by atoms with E-state index in [-0.39, 0.29) is 5.41 Å². The SMILES string of the molecule is Cc1nc2cccc(C3(CN)CCCC3)c2n1C. The highest BCUT2D eigenvalue weighted by atomic mass is 15.1. The minimum Gasteiger partial charge on any atom is -0.331 e. The van der Waals surface area contributed by atoms with Gasteiger partial charge in [-0.25, -0.2) is 4.98 Å². The molecule has 96 valence electrons. The summed E-state index contributed by atoms with van der Waals surface area (Å²) in [6.07, 6.45) is 5.02. The third-order valence-electron chi connectivity index (χ3n) is 4.64. The van der Waals surface area contributed by atoms with E-state index in [4.69, 9.17) is 5.73 Å². The third-order valence-corrected chi connectivity index (χ3v) is 4.64. The molecule has 3 rings (SSSR count). The molecule has 0 bridgehead atoms. The Morgan fingerprint density at radius 2 is 2.06 bits per heavy atom. The summed E-state index contributed by atoms with van der Waals surface area (Å²) < 4.78 is 2.21. The number of para-hydroxylation sites is 1. The summed E-state index contributed by atoms with van der Waals surface area (Å²) in [5.74, 6) is 1.07. The van der Waals surface area contributed by atoms with Crippen LogP contribution >= 0.6 is 0 Å². The molecule has 0 saturated heterocycles. The van der Waals surface area contributed by atoms with E-state index in [1.54, 1.807) is 0 Å². The highest BCUT2D eigenvalue weighted by Gasteiger charge is 2.36. The van der Waals surface area contributed by atoms with Gasteiger partial charge in [0.25, 0.3) is 0 Å². The summed E-state index contributed by atoms with van der Waals surface area (Å²) in [4.78, 5) is 4.63. The number of imidazole rings is 1. The molecular weight excluding hydrogens is 222 g/mol. The van der Waals surface area contributed by atoms with Crippen LogP contribution in [0.25, 0.3) is 11.0 Å². The lowest BCUT2D eigenvalue weighted by molar-refractivity contribution is 0.455. The van der Waals surface area contributed by atoms with E-state index >= 15 is 0 Å². The van der Waals surface area contributed by atoms with Crippen LogP contribution in [0.1, 0.15) is 37.1 Å². The molecule has 3 nitrogen and oxygen atoms in total. The Morgan fingerprint density at radius 3 is 2.72 bits per heavy atom. The Labute approximate surface area is 108 Å². The van der Waals surface area contributed by atoms with Crippen LogP contribution in [0.5, 0.6) is 0 Å². The van der Waals surface area contributed by atoms with Gasteiger partial charge in [0.05, 0.1) is 11.0 Å². The highest BCUT2D eigenvalue weighted by molar-refractivity contribution is 5.81. The van der Waals surface area contributed by atoms with Crippen molar-refractivity contribution >= 4 is 11.0 Å². The molecule has 0 unspecified atom stereocenters. The Hall–Kier alpha value is -1.35. The molecule has 3 heteroatoms. The predicted molar refractivity (Wildman–Crippen MR) is 74.7 cm³/mol. The van der Waals surface area contributed by atoms with E-state index in [1.165, 1.54) is 36.8 Å². The van der Waals surface area contributed by atoms with Crippen molar-refractivity contribution in [1.82, 2.24) is 9.55 Å². The molecule has 1 heterocycles. The minimum absolute atomic E-state index is 0.180. The molecular formula is C15H21N3. The molecule has 0 amide bonds. The maximum Gasteiger partial charge on any atom is 0.106 e. The first-order valence-corrected chi connectivity index (χ1v) is 6.80. The van der Waals surface area contributed by atoms with Gasteiger partial charge in [-0.15, -0.1) is 0 Å². The van der Waals surface area contributed by atoms with Crippen LogP contribution in [0, 0.1) is 6.92 Å². The van der Waals surface area contributed by atoms with Gasteiger partial charge in [-0.2, -0.15) is 0 Å². The van der Waals surface area contributed by atoms with E-state index in [0.717, 1.165) is 17.9 Å². The molecule has 0 aliphatic heterocycles. The molecule has 1 aliphatic carbocycles. The van der Waals surface area contributed by atoms with Crippen molar-refractivity contribution < 1.29 is 0 Å². The largest absolute Gasteiger partial charge is 0.331 e. The molecule has 2 aromatic rings. The van der Waals surface area contributed by atoms with E-state index in [1.807, 2.05) is 0 Å². The normalized spacial score (nSPS) is 18.6. The van der Waals surface area contributed by atoms with E-state index in [0.29, 0.717) is 0 Å². The Kier molecular flexibility index (Phi) is 2.67. The molecule has 1 fully saturated rings. The lowest BCUT2D eigenvalue weighted by Gasteiger charge is -2.28. The van der Waals surface area contributed by atoms with Gasteiger partial charge < -0.3 is 10.3 Å². The van der Waals surface area contributed by atoms with Gasteiger partial charge in [-0.05, 0) is 31.4 Å². The predicted octanol–water partition coefficient (Wildman–Crippen LogP) is 2.65. The quantitative estimate of drug-likeness (QED) is 0.881. The summed E-state index contributed by atoms with van der Waals surface area (Å²) in [6, 6.07) is 6.48. The second-order valence-corrected chi connectivity index (χ2v) is 5.58. The van der Waals surface area contributed by atoms with Gasteiger partial charge in [0, 0.05) is 19.0 Å². The number of nitrogens with two attached hydrogens (primary N) is 1. The van der Waals surface area contributed by atoms with Crippen LogP contribution in [-0.2, 0) is 12.5 Å². The van der Waals surface area contributed by atoms with Crippen LogP contribution in [0.4, 0.5) is 0 Å². The first kappa shape index (κ1) is 11.7. The monoisotopic (exact) mass is 243 g/mol. The molecule has 18 heavy (non-hydrogen) atoms. The molecule has 0 radical (unpaired) electrons. The maximum atomic E-state index is 6.12. The number of nitrogens with zero attached hydrogens (tertiary/aromatic N) is 2. The third kappa shape index (κ3) is 1.50. The van der Waals surface area contributed by atoms with Crippen LogP contribution < -0.4 is 5.73 Å². The first-order valence-electron chi connectivity index (χ1n) is 6.80. The maximum absolute atomic E-state index is 6.12. The molecule has 0 spiro atoms. The second kappa shape index (κ2) is 4.09. The van der Waals surface area contributed by atoms with Gasteiger partial charge in [0.2, 0.25) is 0 Å². The zero-order chi connectivity index (χ0) is 12.8. The Morgan fingerprint density at radius 1 is 1.33 bits per heavy atom. The van der Waals surface area contributed by atoms with E-state index < -0.39 is 0 Å². The molecule has 1 aromatic heterocycles. The van der Waals surface area contributed by atoms with E-state index in [2.05, 4.69) is 41.7 Å². The standard InChI is InChI=1S/C15H21N3/c1-11-17-13-7-5-6-12(14(13)18(11)2)15(10-16)8-3-4-9-15/h5-7H,3-4,8-10,16H2,1-2H3. The zero-order valence-corrected chi connectivity index (χ0v) is 11.2. The summed E-state index contributed by atoms with van der Waals surface area (Å²) >= 11 is 0. The zero-order valence-electron chi connectivity index (χ0n) is 11.2. The summed E-state index contributed by atoms with van der Waals surface area (Å²) in [7, 11) is 2.10. The lowest BCUT2D eigenvalue weighted by Crippen LogP contribution is -2.32. The van der Waals surface area contributed by atoms with Crippen molar-refractivity contribution in [2.75, 3.05) is 6.54 Å². The Balaban J connectivity index is 2.28. The number of aryl methyl sites for hydroxylation is 2. The number of rotatable bonds is 2. The van der Waals surface area contributed by atoms with Crippen molar-refractivity contribution in [2.45, 2.75) is 38.0 Å². The fourth-order valence-electron chi connectivity index (χ4n) is 3.45. The van der Waals surface area contributed by atoms with Gasteiger partial charge in [0.15, 0.2) is 0 Å². The van der Waals surface area contributed by atoms with Crippen molar-refractivity contribution in [3.63, 3.8) is 0 Å². The topological polar surface area (TPSA) is 43.8 Å². The van der Waals surface area contributed by atoms with Gasteiger partial charge >= 0.3 is 0 Å². The second-order valence-electron chi connectivity index (χ2n) is 5.58. The molecule has 0 atom stereocenters. The van der Waals surface area contributed by atoms with Crippen molar-refractivity contribution in [1.29, 1.82) is 0 Å². The van der Waals surface area contributed by atoms with Gasteiger partial charge in [0.1, 0.15) is 5.82 Å². The first-order chi connectivity index (χ1) is 8.68. The average Bonchev–Trinajstić information content (AvgIpc) is 2.97. The van der Waals surface area contributed by atoms with Crippen molar-refractivity contribution in [3.8, 4) is 0 Å². The van der Waals surface area contributed by atoms with Crippen LogP contribution in [0.3, 0.4) is 0 Å². The van der Waals surface area contributed by atoms with Crippen molar-refractivity contribution in [2.24, 2.45) is 12.8 Å². The lowest BCUT2D eigenvalue weighted by atomic mass is 9.78. The molecule has 2 N–H and O–H groups in total. The van der Waals surface area contributed by atoms with Crippen LogP contribution in [0.15, 0.2) is 18.2 Å². The highest BCUT2D eigenvalue weighted by Crippen LogP contribution is 2.42. The van der Waals surface area contributed by atoms with Gasteiger partial charge in [-0.3, -0.25) is 0 Å². The minimum atomic E-state index is 0.180. The number of benzene rings is 1. The number of hydrogen-bond donors (Lipinski definition) is 1.